The molecule has 1 aliphatic rings. The molecule has 4 rings (SSSR count). The van der Waals surface area contributed by atoms with E-state index in [9.17, 15) is 4.79 Å². The average molecular weight is 504 g/mol. The van der Waals surface area contributed by atoms with Crippen molar-refractivity contribution >= 4 is 40.4 Å². The topological polar surface area (TPSA) is 45.7 Å². The Kier molecular flexibility index (Phi) is 8.62. The maximum absolute atomic E-state index is 13.2. The molecule has 0 bridgehead atoms. The number of aromatic nitrogens is 1. The standard InChI is InChI=1S/C25H27Cl2N3O2S/c26-20-9-10-22(27)23(15-20)32-17-24-28-21(18-33-24)16-30(14-13-29-11-5-2-6-12-29)25(31)19-7-3-1-4-8-19/h1,3-4,7-10,15,18H,2,5-6,11-14,16-17H2. The Bertz CT molecular complexity index is 1050. The predicted octanol–water partition coefficient (Wildman–Crippen LogP) is 6.16. The van der Waals surface area contributed by atoms with E-state index in [1.165, 1.54) is 30.6 Å². The molecule has 174 valence electrons. The summed E-state index contributed by atoms with van der Waals surface area (Å²) < 4.78 is 5.81. The van der Waals surface area contributed by atoms with Gasteiger partial charge in [-0.25, -0.2) is 4.98 Å². The summed E-state index contributed by atoms with van der Waals surface area (Å²) in [6.07, 6.45) is 3.77. The van der Waals surface area contributed by atoms with Crippen LogP contribution < -0.4 is 4.74 Å². The molecule has 5 nitrogen and oxygen atoms in total. The highest BCUT2D eigenvalue weighted by atomic mass is 35.5. The van der Waals surface area contributed by atoms with Gasteiger partial charge in [0, 0.05) is 35.1 Å². The van der Waals surface area contributed by atoms with Crippen LogP contribution in [-0.2, 0) is 13.2 Å². The lowest BCUT2D eigenvalue weighted by molar-refractivity contribution is 0.0713. The number of rotatable bonds is 9. The van der Waals surface area contributed by atoms with Gasteiger partial charge in [0.25, 0.3) is 5.91 Å². The van der Waals surface area contributed by atoms with Crippen molar-refractivity contribution in [3.8, 4) is 5.75 Å². The monoisotopic (exact) mass is 503 g/mol. The summed E-state index contributed by atoms with van der Waals surface area (Å²) in [7, 11) is 0. The molecule has 2 aromatic carbocycles. The first-order valence-electron chi connectivity index (χ1n) is 11.2. The highest BCUT2D eigenvalue weighted by molar-refractivity contribution is 7.09. The van der Waals surface area contributed by atoms with E-state index in [4.69, 9.17) is 32.9 Å². The quantitative estimate of drug-likeness (QED) is 0.350. The van der Waals surface area contributed by atoms with E-state index in [2.05, 4.69) is 4.90 Å². The molecule has 0 saturated carbocycles. The smallest absolute Gasteiger partial charge is 0.254 e. The van der Waals surface area contributed by atoms with E-state index in [1.807, 2.05) is 40.6 Å². The maximum atomic E-state index is 13.2. The Balaban J connectivity index is 1.41. The lowest BCUT2D eigenvalue weighted by Gasteiger charge is -2.30. The second-order valence-corrected chi connectivity index (χ2v) is 9.88. The third-order valence-corrected chi connectivity index (χ3v) is 7.06. The third kappa shape index (κ3) is 6.93. The van der Waals surface area contributed by atoms with Crippen molar-refractivity contribution in [2.45, 2.75) is 32.4 Å². The number of carbonyl (C=O) groups is 1. The van der Waals surface area contributed by atoms with Crippen LogP contribution in [0.15, 0.2) is 53.9 Å². The first-order valence-corrected chi connectivity index (χ1v) is 12.8. The lowest BCUT2D eigenvalue weighted by atomic mass is 10.1. The van der Waals surface area contributed by atoms with Crippen molar-refractivity contribution in [1.82, 2.24) is 14.8 Å². The number of hydrogen-bond acceptors (Lipinski definition) is 5. The van der Waals surface area contributed by atoms with Gasteiger partial charge in [-0.3, -0.25) is 4.79 Å². The predicted molar refractivity (Wildman–Crippen MR) is 134 cm³/mol. The number of amides is 1. The fraction of sp³-hybridized carbons (Fsp3) is 0.360. The van der Waals surface area contributed by atoms with Gasteiger partial charge in [0.1, 0.15) is 17.4 Å². The van der Waals surface area contributed by atoms with Crippen LogP contribution in [-0.4, -0.2) is 46.9 Å². The Morgan fingerprint density at radius 1 is 1.09 bits per heavy atom. The third-order valence-electron chi connectivity index (χ3n) is 5.64. The Morgan fingerprint density at radius 2 is 1.88 bits per heavy atom. The number of benzene rings is 2. The van der Waals surface area contributed by atoms with Crippen LogP contribution in [0.3, 0.4) is 0 Å². The molecule has 0 atom stereocenters. The molecule has 1 amide bonds. The maximum Gasteiger partial charge on any atom is 0.254 e. The van der Waals surface area contributed by atoms with Crippen LogP contribution in [0.4, 0.5) is 0 Å². The summed E-state index contributed by atoms with van der Waals surface area (Å²) in [6.45, 7) is 4.54. The van der Waals surface area contributed by atoms with E-state index in [1.54, 1.807) is 18.2 Å². The van der Waals surface area contributed by atoms with Crippen molar-refractivity contribution in [2.75, 3.05) is 26.2 Å². The molecule has 1 aliphatic heterocycles. The number of halogens is 2. The molecule has 1 aromatic heterocycles. The molecule has 1 fully saturated rings. The minimum atomic E-state index is 0.0316. The number of carbonyl (C=O) groups excluding carboxylic acids is 1. The van der Waals surface area contributed by atoms with E-state index < -0.39 is 0 Å². The minimum Gasteiger partial charge on any atom is -0.485 e. The second kappa shape index (κ2) is 11.8. The van der Waals surface area contributed by atoms with Gasteiger partial charge in [-0.15, -0.1) is 11.3 Å². The molecular weight excluding hydrogens is 477 g/mol. The summed E-state index contributed by atoms with van der Waals surface area (Å²) >= 11 is 13.7. The fourth-order valence-electron chi connectivity index (χ4n) is 3.87. The molecule has 0 spiro atoms. The van der Waals surface area contributed by atoms with Gasteiger partial charge >= 0.3 is 0 Å². The largest absolute Gasteiger partial charge is 0.485 e. The molecule has 0 radical (unpaired) electrons. The van der Waals surface area contributed by atoms with Crippen molar-refractivity contribution in [1.29, 1.82) is 0 Å². The van der Waals surface area contributed by atoms with Crippen LogP contribution in [0.1, 0.15) is 40.3 Å². The Labute approximate surface area is 208 Å². The summed E-state index contributed by atoms with van der Waals surface area (Å²) in [5.74, 6) is 0.562. The van der Waals surface area contributed by atoms with Crippen molar-refractivity contribution < 1.29 is 9.53 Å². The summed E-state index contributed by atoms with van der Waals surface area (Å²) in [4.78, 5) is 22.3. The fourth-order valence-corrected chi connectivity index (χ4v) is 4.90. The van der Waals surface area contributed by atoms with E-state index >= 15 is 0 Å². The van der Waals surface area contributed by atoms with Crippen molar-refractivity contribution in [3.63, 3.8) is 0 Å². The number of piperidine rings is 1. The van der Waals surface area contributed by atoms with Crippen LogP contribution in [0.5, 0.6) is 5.75 Å². The summed E-state index contributed by atoms with van der Waals surface area (Å²) in [5, 5.41) is 3.89. The van der Waals surface area contributed by atoms with Crippen molar-refractivity contribution in [2.24, 2.45) is 0 Å². The lowest BCUT2D eigenvalue weighted by Crippen LogP contribution is -2.40. The van der Waals surface area contributed by atoms with Crippen molar-refractivity contribution in [3.05, 3.63) is 80.2 Å². The zero-order chi connectivity index (χ0) is 23.0. The normalized spacial score (nSPS) is 14.2. The molecule has 2 heterocycles. The van der Waals surface area contributed by atoms with Gasteiger partial charge < -0.3 is 14.5 Å². The van der Waals surface area contributed by atoms with E-state index in [0.29, 0.717) is 41.1 Å². The Morgan fingerprint density at radius 3 is 2.67 bits per heavy atom. The SMILES string of the molecule is O=C(c1ccccc1)N(CCN1CCCCC1)Cc1csc(COc2cc(Cl)ccc2Cl)n1. The number of thiazole rings is 1. The minimum absolute atomic E-state index is 0.0316. The average Bonchev–Trinajstić information content (AvgIpc) is 3.30. The number of ether oxygens (including phenoxy) is 1. The van der Waals surface area contributed by atoms with Crippen LogP contribution in [0, 0.1) is 0 Å². The highest BCUT2D eigenvalue weighted by Crippen LogP contribution is 2.28. The molecule has 0 N–H and O–H groups in total. The van der Waals surface area contributed by atoms with Gasteiger partial charge in [-0.2, -0.15) is 0 Å². The molecule has 33 heavy (non-hydrogen) atoms. The number of hydrogen-bond donors (Lipinski definition) is 0. The molecule has 0 unspecified atom stereocenters. The zero-order valence-corrected chi connectivity index (χ0v) is 20.7. The van der Waals surface area contributed by atoms with E-state index in [0.717, 1.165) is 30.3 Å². The second-order valence-electron chi connectivity index (χ2n) is 8.09. The summed E-state index contributed by atoms with van der Waals surface area (Å²) in [5.41, 5.74) is 1.56. The van der Waals surface area contributed by atoms with E-state index in [-0.39, 0.29) is 5.91 Å². The van der Waals surface area contributed by atoms with Gasteiger partial charge in [0.2, 0.25) is 0 Å². The Hall–Kier alpha value is -2.12. The van der Waals surface area contributed by atoms with Gasteiger partial charge in [0.05, 0.1) is 17.3 Å². The molecule has 1 saturated heterocycles. The molecule has 3 aromatic rings. The first-order chi connectivity index (χ1) is 16.1. The highest BCUT2D eigenvalue weighted by Gasteiger charge is 2.19. The molecular formula is C25H27Cl2N3O2S. The first kappa shape index (κ1) is 24.0. The number of nitrogens with zero attached hydrogens (tertiary/aromatic N) is 3. The van der Waals surface area contributed by atoms with Crippen LogP contribution >= 0.6 is 34.5 Å². The van der Waals surface area contributed by atoms with Crippen LogP contribution in [0.2, 0.25) is 10.0 Å². The zero-order valence-electron chi connectivity index (χ0n) is 18.4. The van der Waals surface area contributed by atoms with Gasteiger partial charge in [-0.1, -0.05) is 47.8 Å². The van der Waals surface area contributed by atoms with Gasteiger partial charge in [0.15, 0.2) is 0 Å². The molecule has 0 aliphatic carbocycles. The summed E-state index contributed by atoms with van der Waals surface area (Å²) in [6, 6.07) is 14.6. The van der Waals surface area contributed by atoms with Crippen LogP contribution in [0.25, 0.3) is 0 Å². The number of likely N-dealkylation sites (tertiary alicyclic amines) is 1. The molecule has 8 heteroatoms. The van der Waals surface area contributed by atoms with Gasteiger partial charge in [-0.05, 0) is 50.2 Å².